The van der Waals surface area contributed by atoms with Gasteiger partial charge in [-0.25, -0.2) is 8.42 Å². The van der Waals surface area contributed by atoms with Gasteiger partial charge in [0.05, 0.1) is 29.5 Å². The molecule has 1 aromatic rings. The number of ether oxygens (including phenoxy) is 3. The van der Waals surface area contributed by atoms with Crippen molar-refractivity contribution in [1.29, 1.82) is 0 Å². The molecule has 1 aromatic carbocycles. The molecule has 2 fully saturated rings. The molecule has 8 heteroatoms. The molecule has 2 heterocycles. The molecule has 0 amide bonds. The largest absolute Gasteiger partial charge is 0.412 e. The van der Waals surface area contributed by atoms with Crippen molar-refractivity contribution in [3.05, 3.63) is 54.6 Å². The first-order valence-corrected chi connectivity index (χ1v) is 19.6. The lowest BCUT2D eigenvalue weighted by Crippen LogP contribution is -2.62. The minimum Gasteiger partial charge on any atom is -0.412 e. The predicted molar refractivity (Wildman–Crippen MR) is 169 cm³/mol. The maximum atomic E-state index is 13.0. The van der Waals surface area contributed by atoms with Crippen LogP contribution in [0.4, 0.5) is 0 Å². The fourth-order valence-corrected chi connectivity index (χ4v) is 8.77. The van der Waals surface area contributed by atoms with Crippen LogP contribution in [0.1, 0.15) is 74.7 Å². The van der Waals surface area contributed by atoms with Crippen LogP contribution in [0.5, 0.6) is 0 Å². The molecule has 6 atom stereocenters. The van der Waals surface area contributed by atoms with Crippen molar-refractivity contribution in [1.82, 2.24) is 0 Å². The molecule has 0 bridgehead atoms. The van der Waals surface area contributed by atoms with E-state index < -0.39 is 29.7 Å². The second-order valence-corrected chi connectivity index (χ2v) is 21.1. The first-order chi connectivity index (χ1) is 18.8. The van der Waals surface area contributed by atoms with Crippen molar-refractivity contribution >= 4 is 18.2 Å². The van der Waals surface area contributed by atoms with Gasteiger partial charge in [-0.1, -0.05) is 70.5 Å². The second-order valence-electron chi connectivity index (χ2n) is 14.3. The number of sulfone groups is 1. The van der Waals surface area contributed by atoms with Crippen LogP contribution in [-0.4, -0.2) is 52.9 Å². The molecule has 0 aliphatic carbocycles. The quantitative estimate of drug-likeness (QED) is 0.199. The molecule has 0 radical (unpaired) electrons. The average Bonchev–Trinajstić information content (AvgIpc) is 2.84. The molecule has 6 nitrogen and oxygen atoms in total. The molecule has 0 unspecified atom stereocenters. The summed E-state index contributed by atoms with van der Waals surface area (Å²) in [4.78, 5) is 0.374. The van der Waals surface area contributed by atoms with Gasteiger partial charge in [0.2, 0.25) is 0 Å². The summed E-state index contributed by atoms with van der Waals surface area (Å²) in [6, 6.07) is 8.70. The Kier molecular flexibility index (Phi) is 10.6. The Bertz CT molecular complexity index is 1170. The number of allylic oxidation sites excluding steroid dienone is 1. The summed E-state index contributed by atoms with van der Waals surface area (Å²) in [5, 5.41) is 0.0880. The van der Waals surface area contributed by atoms with Gasteiger partial charge < -0.3 is 18.6 Å². The van der Waals surface area contributed by atoms with E-state index in [1.807, 2.05) is 32.9 Å². The summed E-state index contributed by atoms with van der Waals surface area (Å²) >= 11 is 0. The van der Waals surface area contributed by atoms with Gasteiger partial charge in [-0.3, -0.25) is 0 Å². The summed E-state index contributed by atoms with van der Waals surface area (Å²) < 4.78 is 52.6. The van der Waals surface area contributed by atoms with Crippen molar-refractivity contribution in [3.63, 3.8) is 0 Å². The molecule has 2 aliphatic rings. The number of hydrogen-bond donors (Lipinski definition) is 0. The first kappa shape index (κ1) is 34.2. The third kappa shape index (κ3) is 8.64. The zero-order chi connectivity index (χ0) is 30.9. The summed E-state index contributed by atoms with van der Waals surface area (Å²) in [6.07, 6.45) is 6.06. The number of benzene rings is 1. The van der Waals surface area contributed by atoms with Crippen molar-refractivity contribution in [3.8, 4) is 0 Å². The van der Waals surface area contributed by atoms with Crippen LogP contribution in [0.25, 0.3) is 0 Å². The Hall–Kier alpha value is -1.29. The monoisotopic (exact) mass is 606 g/mol. The maximum Gasteiger partial charge on any atom is 0.192 e. The normalized spacial score (nSPS) is 29.2. The Labute approximate surface area is 250 Å². The van der Waals surface area contributed by atoms with Crippen molar-refractivity contribution in [2.45, 2.75) is 121 Å². The topological polar surface area (TPSA) is 71.1 Å². The zero-order valence-corrected chi connectivity index (χ0v) is 28.8. The van der Waals surface area contributed by atoms with Gasteiger partial charge >= 0.3 is 0 Å². The van der Waals surface area contributed by atoms with E-state index in [0.29, 0.717) is 24.3 Å². The second kappa shape index (κ2) is 12.7. The lowest BCUT2D eigenvalue weighted by atomic mass is 9.81. The number of hydrogen-bond acceptors (Lipinski definition) is 6. The first-order valence-electron chi connectivity index (χ1n) is 15.1. The predicted octanol–water partition coefficient (Wildman–Crippen LogP) is 7.92. The van der Waals surface area contributed by atoms with Crippen LogP contribution in [0.3, 0.4) is 0 Å². The molecule has 0 N–H and O–H groups in total. The Morgan fingerprint density at radius 1 is 1.20 bits per heavy atom. The van der Waals surface area contributed by atoms with E-state index in [1.54, 1.807) is 24.3 Å². The molecule has 232 valence electrons. The third-order valence-corrected chi connectivity index (χ3v) is 15.5. The van der Waals surface area contributed by atoms with Crippen LogP contribution in [0, 0.1) is 17.8 Å². The molecule has 0 saturated carbocycles. The Balaban J connectivity index is 1.88. The Morgan fingerprint density at radius 2 is 1.83 bits per heavy atom. The highest BCUT2D eigenvalue weighted by atomic mass is 32.2. The van der Waals surface area contributed by atoms with Crippen LogP contribution in [0.15, 0.2) is 59.5 Å². The summed E-state index contributed by atoms with van der Waals surface area (Å²) in [5.74, 6) is -1.58. The van der Waals surface area contributed by atoms with Gasteiger partial charge in [0.25, 0.3) is 0 Å². The summed E-state index contributed by atoms with van der Waals surface area (Å²) in [5.41, 5.74) is 1.13. The van der Waals surface area contributed by atoms with Crippen molar-refractivity contribution < 1.29 is 27.1 Å². The highest BCUT2D eigenvalue weighted by Crippen LogP contribution is 2.48. The Morgan fingerprint density at radius 3 is 2.41 bits per heavy atom. The van der Waals surface area contributed by atoms with Gasteiger partial charge in [-0.05, 0) is 69.8 Å². The number of rotatable bonds is 10. The highest BCUT2D eigenvalue weighted by molar-refractivity contribution is 7.91. The molecule has 0 aromatic heterocycles. The minimum atomic E-state index is -3.36. The van der Waals surface area contributed by atoms with E-state index in [1.165, 1.54) is 0 Å². The highest BCUT2D eigenvalue weighted by Gasteiger charge is 2.55. The molecule has 2 saturated heterocycles. The minimum absolute atomic E-state index is 0.0446. The molecule has 3 rings (SSSR count). The van der Waals surface area contributed by atoms with Gasteiger partial charge in [0.15, 0.2) is 29.7 Å². The standard InChI is InChI=1S/C33H54O6SSi/c1-12-26(4)30-21-33(39-32(8,9)37-30)27(20-28(22-36-33)38-41(10,11)31(5,6)7)19-24(2)18-25(3)23-40(34,35)29-16-14-13-15-17-29/h12-17,19,25-28,30H,1,18,20-23H2,2-11H3/b24-19+/t25-,26-,27-,28+,30-,33+/m0/s1. The van der Waals surface area contributed by atoms with E-state index in [-0.39, 0.29) is 40.8 Å². The lowest BCUT2D eigenvalue weighted by Gasteiger charge is -2.55. The molecule has 2 aliphatic heterocycles. The molecular weight excluding hydrogens is 553 g/mol. The van der Waals surface area contributed by atoms with Crippen LogP contribution >= 0.6 is 0 Å². The lowest BCUT2D eigenvalue weighted by molar-refractivity contribution is -0.425. The molecular formula is C33H54O6SSi. The van der Waals surface area contributed by atoms with Gasteiger partial charge in [0.1, 0.15) is 0 Å². The fourth-order valence-electron chi connectivity index (χ4n) is 5.79. The SMILES string of the molecule is C=C[C@H](C)[C@@H]1C[C@@]2(OC[C@H](O[Si](C)(C)C(C)(C)C)C[C@@H]2/C=C(\C)C[C@H](C)CS(=O)(=O)c2ccccc2)OC(C)(C)O1. The summed E-state index contributed by atoms with van der Waals surface area (Å²) in [6.45, 7) is 25.9. The van der Waals surface area contributed by atoms with Gasteiger partial charge in [-0.2, -0.15) is 0 Å². The van der Waals surface area contributed by atoms with E-state index in [0.717, 1.165) is 12.0 Å². The van der Waals surface area contributed by atoms with E-state index in [4.69, 9.17) is 18.6 Å². The van der Waals surface area contributed by atoms with Crippen LogP contribution in [-0.2, 0) is 28.5 Å². The molecule has 1 spiro atoms. The van der Waals surface area contributed by atoms with E-state index >= 15 is 0 Å². The smallest absolute Gasteiger partial charge is 0.192 e. The van der Waals surface area contributed by atoms with Gasteiger partial charge in [-0.15, -0.1) is 6.58 Å². The third-order valence-electron chi connectivity index (χ3n) is 8.92. The molecule has 41 heavy (non-hydrogen) atoms. The van der Waals surface area contributed by atoms with E-state index in [9.17, 15) is 8.42 Å². The van der Waals surface area contributed by atoms with Crippen LogP contribution < -0.4 is 0 Å². The summed E-state index contributed by atoms with van der Waals surface area (Å²) in [7, 11) is -5.38. The fraction of sp³-hybridized carbons (Fsp3) is 0.697. The van der Waals surface area contributed by atoms with Crippen molar-refractivity contribution in [2.24, 2.45) is 17.8 Å². The van der Waals surface area contributed by atoms with Crippen molar-refractivity contribution in [2.75, 3.05) is 12.4 Å². The zero-order valence-electron chi connectivity index (χ0n) is 27.0. The van der Waals surface area contributed by atoms with Gasteiger partial charge in [0, 0.05) is 18.3 Å². The average molecular weight is 607 g/mol. The van der Waals surface area contributed by atoms with Crippen LogP contribution in [0.2, 0.25) is 18.1 Å². The van der Waals surface area contributed by atoms with E-state index in [2.05, 4.69) is 60.4 Å². The maximum absolute atomic E-state index is 13.0.